The Morgan fingerprint density at radius 3 is 2.84 bits per heavy atom. The molecule has 1 amide bonds. The topological polar surface area (TPSA) is 33.2 Å². The van der Waals surface area contributed by atoms with E-state index in [1.807, 2.05) is 25.1 Å². The van der Waals surface area contributed by atoms with Crippen molar-refractivity contribution in [3.8, 4) is 0 Å². The van der Waals surface area contributed by atoms with Crippen LogP contribution in [0.15, 0.2) is 42.5 Å². The summed E-state index contributed by atoms with van der Waals surface area (Å²) in [6.45, 7) is 2.04. The lowest BCUT2D eigenvalue weighted by atomic mass is 10.1. The average molecular weight is 273 g/mol. The van der Waals surface area contributed by atoms with E-state index >= 15 is 0 Å². The fraction of sp³-hybridized carbons (Fsp3) is 0.200. The second-order valence-corrected chi connectivity index (χ2v) is 5.09. The first-order chi connectivity index (χ1) is 9.16. The van der Waals surface area contributed by atoms with Crippen molar-refractivity contribution in [3.05, 3.63) is 58.9 Å². The first-order valence-electron chi connectivity index (χ1n) is 6.21. The molecule has 2 heterocycles. The van der Waals surface area contributed by atoms with Crippen LogP contribution in [0.25, 0.3) is 0 Å². The van der Waals surface area contributed by atoms with Crippen LogP contribution in [0.2, 0.25) is 5.15 Å². The Kier molecular flexibility index (Phi) is 2.99. The maximum absolute atomic E-state index is 12.6. The molecule has 1 aliphatic heterocycles. The van der Waals surface area contributed by atoms with E-state index in [2.05, 4.69) is 11.1 Å². The summed E-state index contributed by atoms with van der Waals surface area (Å²) in [6.07, 6.45) is 0.877. The van der Waals surface area contributed by atoms with Crippen LogP contribution in [0.1, 0.15) is 23.0 Å². The quantitative estimate of drug-likeness (QED) is 0.746. The summed E-state index contributed by atoms with van der Waals surface area (Å²) in [7, 11) is 0. The van der Waals surface area contributed by atoms with E-state index in [9.17, 15) is 4.79 Å². The van der Waals surface area contributed by atoms with E-state index in [0.29, 0.717) is 10.8 Å². The van der Waals surface area contributed by atoms with Crippen LogP contribution in [-0.4, -0.2) is 16.9 Å². The molecule has 0 saturated heterocycles. The number of aromatic nitrogens is 1. The Labute approximate surface area is 116 Å². The predicted octanol–water partition coefficient (Wildman–Crippen LogP) is 3.33. The van der Waals surface area contributed by atoms with Crippen LogP contribution in [0.3, 0.4) is 0 Å². The van der Waals surface area contributed by atoms with Crippen molar-refractivity contribution >= 4 is 23.2 Å². The summed E-state index contributed by atoms with van der Waals surface area (Å²) >= 11 is 5.85. The third kappa shape index (κ3) is 2.10. The number of nitrogens with zero attached hydrogens (tertiary/aromatic N) is 2. The number of carbonyl (C=O) groups excluding carboxylic acids is 1. The van der Waals surface area contributed by atoms with Crippen LogP contribution in [-0.2, 0) is 6.42 Å². The maximum atomic E-state index is 12.6. The van der Waals surface area contributed by atoms with E-state index in [-0.39, 0.29) is 11.9 Å². The standard InChI is InChI=1S/C15H13ClN2O/c1-10-9-11-5-2-3-7-13(11)18(10)15(19)12-6-4-8-14(16)17-12/h2-8,10H,9H2,1H3. The number of hydrogen-bond acceptors (Lipinski definition) is 2. The highest BCUT2D eigenvalue weighted by molar-refractivity contribution is 6.29. The van der Waals surface area contributed by atoms with Crippen molar-refractivity contribution in [3.63, 3.8) is 0 Å². The number of pyridine rings is 1. The molecule has 4 heteroatoms. The molecule has 3 rings (SSSR count). The van der Waals surface area contributed by atoms with Crippen molar-refractivity contribution in [2.75, 3.05) is 4.90 Å². The molecule has 0 spiro atoms. The fourth-order valence-corrected chi connectivity index (χ4v) is 2.69. The monoisotopic (exact) mass is 272 g/mol. The molecule has 0 N–H and O–H groups in total. The van der Waals surface area contributed by atoms with Crippen LogP contribution in [0.5, 0.6) is 0 Å². The van der Waals surface area contributed by atoms with Crippen LogP contribution in [0.4, 0.5) is 5.69 Å². The van der Waals surface area contributed by atoms with Crippen molar-refractivity contribution in [1.82, 2.24) is 4.98 Å². The molecule has 1 aliphatic rings. The Morgan fingerprint density at radius 1 is 1.26 bits per heavy atom. The van der Waals surface area contributed by atoms with Crippen molar-refractivity contribution in [1.29, 1.82) is 0 Å². The third-order valence-electron chi connectivity index (χ3n) is 3.36. The van der Waals surface area contributed by atoms with Crippen LogP contribution < -0.4 is 4.90 Å². The Bertz CT molecular complexity index is 642. The van der Waals surface area contributed by atoms with E-state index in [1.54, 1.807) is 23.1 Å². The minimum Gasteiger partial charge on any atom is -0.304 e. The van der Waals surface area contributed by atoms with Gasteiger partial charge in [-0.2, -0.15) is 0 Å². The molecule has 19 heavy (non-hydrogen) atoms. The Morgan fingerprint density at radius 2 is 2.05 bits per heavy atom. The molecule has 1 unspecified atom stereocenters. The number of fused-ring (bicyclic) bond motifs is 1. The first-order valence-corrected chi connectivity index (χ1v) is 6.58. The molecule has 0 fully saturated rings. The third-order valence-corrected chi connectivity index (χ3v) is 3.57. The second kappa shape index (κ2) is 4.67. The molecule has 96 valence electrons. The van der Waals surface area contributed by atoms with Crippen molar-refractivity contribution < 1.29 is 4.79 Å². The van der Waals surface area contributed by atoms with Gasteiger partial charge in [0.25, 0.3) is 5.91 Å². The summed E-state index contributed by atoms with van der Waals surface area (Å²) in [5.41, 5.74) is 2.56. The van der Waals surface area contributed by atoms with Gasteiger partial charge in [0.2, 0.25) is 0 Å². The van der Waals surface area contributed by atoms with E-state index in [4.69, 9.17) is 11.6 Å². The molecule has 3 nitrogen and oxygen atoms in total. The number of rotatable bonds is 1. The molecule has 0 bridgehead atoms. The number of benzene rings is 1. The normalized spacial score (nSPS) is 17.4. The van der Waals surface area contributed by atoms with Gasteiger partial charge in [-0.25, -0.2) is 4.98 Å². The fourth-order valence-electron chi connectivity index (χ4n) is 2.53. The molecular formula is C15H13ClN2O. The number of anilines is 1. The minimum absolute atomic E-state index is 0.0973. The zero-order valence-electron chi connectivity index (χ0n) is 10.5. The minimum atomic E-state index is -0.0973. The smallest absolute Gasteiger partial charge is 0.277 e. The zero-order valence-corrected chi connectivity index (χ0v) is 11.3. The highest BCUT2D eigenvalue weighted by Gasteiger charge is 2.31. The molecule has 2 aromatic rings. The highest BCUT2D eigenvalue weighted by atomic mass is 35.5. The molecular weight excluding hydrogens is 260 g/mol. The molecule has 0 saturated carbocycles. The van der Waals surface area contributed by atoms with Gasteiger partial charge in [0.1, 0.15) is 10.8 Å². The van der Waals surface area contributed by atoms with Crippen molar-refractivity contribution in [2.24, 2.45) is 0 Å². The lowest BCUT2D eigenvalue weighted by molar-refractivity contribution is 0.0976. The number of para-hydroxylation sites is 1. The molecule has 1 atom stereocenters. The van der Waals surface area contributed by atoms with Crippen LogP contribution >= 0.6 is 11.6 Å². The van der Waals surface area contributed by atoms with Gasteiger partial charge in [-0.3, -0.25) is 4.79 Å². The van der Waals surface area contributed by atoms with Crippen LogP contribution in [0, 0.1) is 0 Å². The average Bonchev–Trinajstić information content (AvgIpc) is 2.74. The summed E-state index contributed by atoms with van der Waals surface area (Å²) in [5.74, 6) is -0.0973. The molecule has 1 aromatic carbocycles. The number of hydrogen-bond donors (Lipinski definition) is 0. The molecule has 0 aliphatic carbocycles. The van der Waals surface area contributed by atoms with Gasteiger partial charge < -0.3 is 4.90 Å². The lowest BCUT2D eigenvalue weighted by Gasteiger charge is -2.22. The predicted molar refractivity (Wildman–Crippen MR) is 75.7 cm³/mol. The maximum Gasteiger partial charge on any atom is 0.277 e. The van der Waals surface area contributed by atoms with Gasteiger partial charge >= 0.3 is 0 Å². The summed E-state index contributed by atoms with van der Waals surface area (Å²) < 4.78 is 0. The first kappa shape index (κ1) is 12.2. The van der Waals surface area contributed by atoms with Gasteiger partial charge in [0.05, 0.1) is 0 Å². The van der Waals surface area contributed by atoms with Crippen molar-refractivity contribution in [2.45, 2.75) is 19.4 Å². The van der Waals surface area contributed by atoms with E-state index in [1.165, 1.54) is 5.56 Å². The molecule has 0 radical (unpaired) electrons. The largest absolute Gasteiger partial charge is 0.304 e. The Balaban J connectivity index is 2.01. The molecule has 1 aromatic heterocycles. The zero-order chi connectivity index (χ0) is 13.4. The number of amides is 1. The summed E-state index contributed by atoms with van der Waals surface area (Å²) in [6, 6.07) is 13.2. The van der Waals surface area contributed by atoms with Gasteiger partial charge in [0, 0.05) is 11.7 Å². The summed E-state index contributed by atoms with van der Waals surface area (Å²) in [5, 5.41) is 0.339. The van der Waals surface area contributed by atoms with Gasteiger partial charge in [-0.15, -0.1) is 0 Å². The lowest BCUT2D eigenvalue weighted by Crippen LogP contribution is -2.36. The van der Waals surface area contributed by atoms with Gasteiger partial charge in [-0.1, -0.05) is 35.9 Å². The SMILES string of the molecule is CC1Cc2ccccc2N1C(=O)c1cccc(Cl)n1. The Hall–Kier alpha value is -1.87. The highest BCUT2D eigenvalue weighted by Crippen LogP contribution is 2.32. The van der Waals surface area contributed by atoms with E-state index in [0.717, 1.165) is 12.1 Å². The van der Waals surface area contributed by atoms with Gasteiger partial charge in [0.15, 0.2) is 0 Å². The van der Waals surface area contributed by atoms with Gasteiger partial charge in [-0.05, 0) is 37.1 Å². The number of carbonyl (C=O) groups is 1. The summed E-state index contributed by atoms with van der Waals surface area (Å²) in [4.78, 5) is 18.5. The second-order valence-electron chi connectivity index (χ2n) is 4.70. The van der Waals surface area contributed by atoms with E-state index < -0.39 is 0 Å². The number of halogens is 1.